The largest absolute Gasteiger partial charge is 0.382 e. The van der Waals surface area contributed by atoms with Crippen LogP contribution in [0.5, 0.6) is 0 Å². The molecule has 0 heterocycles. The van der Waals surface area contributed by atoms with Crippen molar-refractivity contribution in [3.63, 3.8) is 0 Å². The van der Waals surface area contributed by atoms with Crippen LogP contribution >= 0.6 is 0 Å². The second kappa shape index (κ2) is 6.75. The van der Waals surface area contributed by atoms with Gasteiger partial charge in [-0.05, 0) is 49.9 Å². The topological polar surface area (TPSA) is 35.2 Å². The van der Waals surface area contributed by atoms with E-state index in [1.807, 2.05) is 0 Å². The van der Waals surface area contributed by atoms with Gasteiger partial charge in [-0.1, -0.05) is 27.2 Å². The lowest BCUT2D eigenvalue weighted by Gasteiger charge is -2.43. The van der Waals surface area contributed by atoms with Crippen LogP contribution in [0.4, 0.5) is 0 Å². The van der Waals surface area contributed by atoms with E-state index in [4.69, 9.17) is 10.5 Å². The fourth-order valence-electron chi connectivity index (χ4n) is 3.35. The second-order valence-electron chi connectivity index (χ2n) is 6.48. The molecule has 1 saturated carbocycles. The third-order valence-electron chi connectivity index (χ3n) is 4.48. The molecule has 3 atom stereocenters. The predicted molar refractivity (Wildman–Crippen MR) is 74.0 cm³/mol. The summed E-state index contributed by atoms with van der Waals surface area (Å²) in [5.41, 5.74) is 6.73. The third kappa shape index (κ3) is 4.59. The van der Waals surface area contributed by atoms with E-state index < -0.39 is 0 Å². The van der Waals surface area contributed by atoms with E-state index >= 15 is 0 Å². The molecule has 2 N–H and O–H groups in total. The maximum Gasteiger partial charge on any atom is 0.0466 e. The molecular formula is C15H31NO. The quantitative estimate of drug-likeness (QED) is 0.721. The average Bonchev–Trinajstić information content (AvgIpc) is 2.24. The molecule has 2 heteroatoms. The Morgan fingerprint density at radius 2 is 2.00 bits per heavy atom. The number of ether oxygens (including phenoxy) is 1. The van der Waals surface area contributed by atoms with Crippen LogP contribution in [-0.2, 0) is 4.74 Å². The van der Waals surface area contributed by atoms with Crippen molar-refractivity contribution in [1.82, 2.24) is 0 Å². The van der Waals surface area contributed by atoms with Crippen LogP contribution < -0.4 is 5.73 Å². The Kier molecular flexibility index (Phi) is 5.94. The van der Waals surface area contributed by atoms with Crippen LogP contribution in [0.25, 0.3) is 0 Å². The van der Waals surface area contributed by atoms with Gasteiger partial charge in [0.2, 0.25) is 0 Å². The molecule has 17 heavy (non-hydrogen) atoms. The van der Waals surface area contributed by atoms with Gasteiger partial charge in [0.25, 0.3) is 0 Å². The standard InChI is InChI=1S/C15H31NO/c1-5-17-10-6-9-15(3,4)13-8-7-12(2)11-14(13)16/h12-14H,5-11,16H2,1-4H3. The molecular weight excluding hydrogens is 210 g/mol. The summed E-state index contributed by atoms with van der Waals surface area (Å²) in [6.45, 7) is 10.9. The summed E-state index contributed by atoms with van der Waals surface area (Å²) >= 11 is 0. The SMILES string of the molecule is CCOCCCC(C)(C)C1CCC(C)CC1N. The van der Waals surface area contributed by atoms with E-state index in [9.17, 15) is 0 Å². The molecule has 0 amide bonds. The smallest absolute Gasteiger partial charge is 0.0466 e. The minimum absolute atomic E-state index is 0.372. The van der Waals surface area contributed by atoms with Gasteiger partial charge in [-0.3, -0.25) is 0 Å². The van der Waals surface area contributed by atoms with Gasteiger partial charge in [0.15, 0.2) is 0 Å². The van der Waals surface area contributed by atoms with Gasteiger partial charge in [-0.15, -0.1) is 0 Å². The van der Waals surface area contributed by atoms with Crippen molar-refractivity contribution in [2.75, 3.05) is 13.2 Å². The van der Waals surface area contributed by atoms with Crippen molar-refractivity contribution in [3.8, 4) is 0 Å². The first kappa shape index (κ1) is 15.0. The fourth-order valence-corrected chi connectivity index (χ4v) is 3.35. The summed E-state index contributed by atoms with van der Waals surface area (Å²) in [4.78, 5) is 0. The molecule has 1 fully saturated rings. The van der Waals surface area contributed by atoms with Gasteiger partial charge < -0.3 is 10.5 Å². The van der Waals surface area contributed by atoms with Gasteiger partial charge >= 0.3 is 0 Å². The van der Waals surface area contributed by atoms with Crippen LogP contribution in [0.3, 0.4) is 0 Å². The molecule has 1 aliphatic carbocycles. The molecule has 0 aromatic carbocycles. The van der Waals surface area contributed by atoms with E-state index in [1.165, 1.54) is 32.1 Å². The molecule has 1 aliphatic rings. The summed E-state index contributed by atoms with van der Waals surface area (Å²) in [6, 6.07) is 0.404. The average molecular weight is 241 g/mol. The van der Waals surface area contributed by atoms with Crippen LogP contribution in [0, 0.1) is 17.3 Å². The highest BCUT2D eigenvalue weighted by Crippen LogP contribution is 2.42. The zero-order valence-electron chi connectivity index (χ0n) is 12.2. The van der Waals surface area contributed by atoms with Gasteiger partial charge in [0.1, 0.15) is 0 Å². The first-order valence-corrected chi connectivity index (χ1v) is 7.30. The summed E-state index contributed by atoms with van der Waals surface area (Å²) in [6.07, 6.45) is 6.27. The second-order valence-corrected chi connectivity index (χ2v) is 6.48. The Morgan fingerprint density at radius 3 is 2.59 bits per heavy atom. The molecule has 0 saturated heterocycles. The van der Waals surface area contributed by atoms with E-state index in [1.54, 1.807) is 0 Å². The Hall–Kier alpha value is -0.0800. The van der Waals surface area contributed by atoms with Crippen LogP contribution in [0.2, 0.25) is 0 Å². The van der Waals surface area contributed by atoms with Gasteiger partial charge in [0.05, 0.1) is 0 Å². The summed E-state index contributed by atoms with van der Waals surface area (Å²) in [5.74, 6) is 1.51. The first-order valence-electron chi connectivity index (χ1n) is 7.30. The lowest BCUT2D eigenvalue weighted by molar-refractivity contribution is 0.0824. The zero-order valence-corrected chi connectivity index (χ0v) is 12.2. The minimum atomic E-state index is 0.372. The fraction of sp³-hybridized carbons (Fsp3) is 1.00. The lowest BCUT2D eigenvalue weighted by Crippen LogP contribution is -2.43. The Balaban J connectivity index is 2.40. The van der Waals surface area contributed by atoms with E-state index in [-0.39, 0.29) is 0 Å². The summed E-state index contributed by atoms with van der Waals surface area (Å²) < 4.78 is 5.43. The predicted octanol–water partition coefficient (Wildman–Crippen LogP) is 3.59. The van der Waals surface area contributed by atoms with Crippen LogP contribution in [0.15, 0.2) is 0 Å². The summed E-state index contributed by atoms with van der Waals surface area (Å²) in [7, 11) is 0. The highest BCUT2D eigenvalue weighted by molar-refractivity contribution is 4.90. The highest BCUT2D eigenvalue weighted by Gasteiger charge is 2.36. The number of rotatable bonds is 6. The normalized spacial score (nSPS) is 30.5. The van der Waals surface area contributed by atoms with Crippen molar-refractivity contribution in [2.24, 2.45) is 23.0 Å². The molecule has 0 aliphatic heterocycles. The van der Waals surface area contributed by atoms with Gasteiger partial charge in [-0.2, -0.15) is 0 Å². The van der Waals surface area contributed by atoms with Crippen molar-refractivity contribution in [3.05, 3.63) is 0 Å². The van der Waals surface area contributed by atoms with Crippen LogP contribution in [0.1, 0.15) is 59.8 Å². The maximum atomic E-state index is 6.35. The molecule has 1 rings (SSSR count). The molecule has 102 valence electrons. The Bertz CT molecular complexity index is 215. The molecule has 0 aromatic rings. The Labute approximate surface area is 107 Å². The first-order chi connectivity index (χ1) is 7.97. The van der Waals surface area contributed by atoms with E-state index in [0.29, 0.717) is 17.4 Å². The van der Waals surface area contributed by atoms with Crippen molar-refractivity contribution in [2.45, 2.75) is 65.8 Å². The molecule has 2 nitrogen and oxygen atoms in total. The van der Waals surface area contributed by atoms with E-state index in [0.717, 1.165) is 19.1 Å². The molecule has 0 spiro atoms. The van der Waals surface area contributed by atoms with Crippen molar-refractivity contribution >= 4 is 0 Å². The minimum Gasteiger partial charge on any atom is -0.382 e. The molecule has 0 bridgehead atoms. The van der Waals surface area contributed by atoms with Gasteiger partial charge in [0, 0.05) is 19.3 Å². The number of nitrogens with two attached hydrogens (primary N) is 1. The molecule has 3 unspecified atom stereocenters. The highest BCUT2D eigenvalue weighted by atomic mass is 16.5. The van der Waals surface area contributed by atoms with Crippen molar-refractivity contribution in [1.29, 1.82) is 0 Å². The van der Waals surface area contributed by atoms with Gasteiger partial charge in [-0.25, -0.2) is 0 Å². The third-order valence-corrected chi connectivity index (χ3v) is 4.48. The van der Waals surface area contributed by atoms with Crippen molar-refractivity contribution < 1.29 is 4.74 Å². The maximum absolute atomic E-state index is 6.35. The molecule has 0 aromatic heterocycles. The zero-order chi connectivity index (χ0) is 12.9. The lowest BCUT2D eigenvalue weighted by atomic mass is 9.65. The van der Waals surface area contributed by atoms with Crippen LogP contribution in [-0.4, -0.2) is 19.3 Å². The molecule has 0 radical (unpaired) electrons. The summed E-state index contributed by atoms with van der Waals surface area (Å²) in [5, 5.41) is 0. The number of hydrogen-bond donors (Lipinski definition) is 1. The Morgan fingerprint density at radius 1 is 1.29 bits per heavy atom. The monoisotopic (exact) mass is 241 g/mol. The number of hydrogen-bond acceptors (Lipinski definition) is 2. The van der Waals surface area contributed by atoms with E-state index in [2.05, 4.69) is 27.7 Å².